The second kappa shape index (κ2) is 10.3. The van der Waals surface area contributed by atoms with Gasteiger partial charge in [0.2, 0.25) is 5.91 Å². The summed E-state index contributed by atoms with van der Waals surface area (Å²) in [5, 5.41) is 2.79. The van der Waals surface area contributed by atoms with E-state index >= 15 is 0 Å². The molecule has 2 amide bonds. The highest BCUT2D eigenvalue weighted by atomic mass is 35.5. The van der Waals surface area contributed by atoms with Gasteiger partial charge in [0.25, 0.3) is 5.91 Å². The van der Waals surface area contributed by atoms with E-state index in [1.54, 1.807) is 43.0 Å². The minimum Gasteiger partial charge on any atom is -0.467 e. The molecular formula is C19H28ClN3O4. The molecule has 8 heteroatoms. The van der Waals surface area contributed by atoms with Crippen molar-refractivity contribution >= 4 is 35.9 Å². The lowest BCUT2D eigenvalue weighted by atomic mass is 10.0. The van der Waals surface area contributed by atoms with Crippen molar-refractivity contribution in [1.82, 2.24) is 4.90 Å². The Balaban J connectivity index is 0.00000364. The van der Waals surface area contributed by atoms with Crippen LogP contribution in [0.1, 0.15) is 43.5 Å². The van der Waals surface area contributed by atoms with E-state index in [0.717, 1.165) is 12.8 Å². The molecule has 0 aromatic heterocycles. The molecule has 1 aromatic rings. The molecule has 0 bridgehead atoms. The molecule has 3 atom stereocenters. The van der Waals surface area contributed by atoms with Crippen LogP contribution >= 0.6 is 12.4 Å². The number of piperidine rings is 1. The largest absolute Gasteiger partial charge is 0.467 e. The summed E-state index contributed by atoms with van der Waals surface area (Å²) in [6.07, 6.45) is 2.33. The van der Waals surface area contributed by atoms with Crippen LogP contribution in [0.15, 0.2) is 24.3 Å². The van der Waals surface area contributed by atoms with Gasteiger partial charge >= 0.3 is 5.97 Å². The van der Waals surface area contributed by atoms with Crippen molar-refractivity contribution in [3.05, 3.63) is 29.8 Å². The van der Waals surface area contributed by atoms with Gasteiger partial charge in [0.05, 0.1) is 13.0 Å². The van der Waals surface area contributed by atoms with Crippen LogP contribution in [-0.4, -0.2) is 48.4 Å². The summed E-state index contributed by atoms with van der Waals surface area (Å²) >= 11 is 0. The topological polar surface area (TPSA) is 102 Å². The monoisotopic (exact) mass is 397 g/mol. The van der Waals surface area contributed by atoms with Crippen molar-refractivity contribution in [3.63, 3.8) is 0 Å². The standard InChI is InChI=1S/C19H27N3O4.ClH/c1-12(13(2)20)17(23)21-15-8-6-7-14(11-15)18(24)22-10-5-4-9-16(22)19(25)26-3;/h6-8,11-13,16H,4-5,9-10,20H2,1-3H3,(H,21,23);1H. The van der Waals surface area contributed by atoms with Gasteiger partial charge in [-0.2, -0.15) is 0 Å². The number of benzene rings is 1. The van der Waals surface area contributed by atoms with Gasteiger partial charge in [-0.15, -0.1) is 12.4 Å². The van der Waals surface area contributed by atoms with E-state index < -0.39 is 12.0 Å². The zero-order valence-corrected chi connectivity index (χ0v) is 16.8. The number of hydrogen-bond acceptors (Lipinski definition) is 5. The van der Waals surface area contributed by atoms with Crippen LogP contribution in [0.4, 0.5) is 5.69 Å². The van der Waals surface area contributed by atoms with Gasteiger partial charge in [0, 0.05) is 23.8 Å². The van der Waals surface area contributed by atoms with Gasteiger partial charge < -0.3 is 20.7 Å². The van der Waals surface area contributed by atoms with Crippen molar-refractivity contribution in [2.45, 2.75) is 45.2 Å². The molecule has 1 aliphatic rings. The van der Waals surface area contributed by atoms with Crippen LogP contribution in [0.25, 0.3) is 0 Å². The van der Waals surface area contributed by atoms with Crippen molar-refractivity contribution in [2.24, 2.45) is 11.7 Å². The second-order valence-electron chi connectivity index (χ2n) is 6.75. The van der Waals surface area contributed by atoms with E-state index in [2.05, 4.69) is 5.32 Å². The molecule has 0 spiro atoms. The lowest BCUT2D eigenvalue weighted by Crippen LogP contribution is -2.48. The number of halogens is 1. The summed E-state index contributed by atoms with van der Waals surface area (Å²) < 4.78 is 4.83. The number of rotatable bonds is 5. The van der Waals surface area contributed by atoms with E-state index in [1.165, 1.54) is 7.11 Å². The number of nitrogens with two attached hydrogens (primary N) is 1. The first-order valence-corrected chi connectivity index (χ1v) is 8.90. The molecule has 3 unspecified atom stereocenters. The zero-order valence-electron chi connectivity index (χ0n) is 15.9. The molecule has 150 valence electrons. The third-order valence-electron chi connectivity index (χ3n) is 4.82. The van der Waals surface area contributed by atoms with Gasteiger partial charge in [0.1, 0.15) is 6.04 Å². The molecule has 1 aromatic carbocycles. The Labute approximate surface area is 166 Å². The molecule has 0 radical (unpaired) electrons. The molecule has 1 saturated heterocycles. The molecule has 2 rings (SSSR count). The minimum atomic E-state index is -0.558. The maximum atomic E-state index is 12.9. The summed E-state index contributed by atoms with van der Waals surface area (Å²) in [6, 6.07) is 5.90. The normalized spacial score (nSPS) is 18.7. The number of amides is 2. The Morgan fingerprint density at radius 3 is 2.59 bits per heavy atom. The Morgan fingerprint density at radius 1 is 1.26 bits per heavy atom. The SMILES string of the molecule is COC(=O)C1CCCCN1C(=O)c1cccc(NC(=O)C(C)C(C)N)c1.Cl. The number of ether oxygens (including phenoxy) is 1. The lowest BCUT2D eigenvalue weighted by molar-refractivity contribution is -0.147. The fraction of sp³-hybridized carbons (Fsp3) is 0.526. The van der Waals surface area contributed by atoms with E-state index in [4.69, 9.17) is 10.5 Å². The predicted octanol–water partition coefficient (Wildman–Crippen LogP) is 2.20. The average molecular weight is 398 g/mol. The van der Waals surface area contributed by atoms with Gasteiger partial charge in [-0.05, 0) is 44.4 Å². The minimum absolute atomic E-state index is 0. The maximum absolute atomic E-state index is 12.9. The number of likely N-dealkylation sites (tertiary alicyclic amines) is 1. The highest BCUT2D eigenvalue weighted by molar-refractivity contribution is 5.99. The van der Waals surface area contributed by atoms with Crippen molar-refractivity contribution in [1.29, 1.82) is 0 Å². The summed E-state index contributed by atoms with van der Waals surface area (Å²) in [4.78, 5) is 38.6. The maximum Gasteiger partial charge on any atom is 0.328 e. The molecular weight excluding hydrogens is 370 g/mol. The van der Waals surface area contributed by atoms with Crippen LogP contribution in [0.5, 0.6) is 0 Å². The number of esters is 1. The quantitative estimate of drug-likeness (QED) is 0.741. The summed E-state index contributed by atoms with van der Waals surface area (Å²) in [6.45, 7) is 4.04. The van der Waals surface area contributed by atoms with E-state index in [1.807, 2.05) is 0 Å². The highest BCUT2D eigenvalue weighted by Gasteiger charge is 2.33. The van der Waals surface area contributed by atoms with Gasteiger partial charge in [-0.3, -0.25) is 9.59 Å². The summed E-state index contributed by atoms with van der Waals surface area (Å²) in [5.41, 5.74) is 6.71. The third kappa shape index (κ3) is 5.68. The Morgan fingerprint density at radius 2 is 1.96 bits per heavy atom. The van der Waals surface area contributed by atoms with Gasteiger partial charge in [0.15, 0.2) is 0 Å². The zero-order chi connectivity index (χ0) is 19.3. The molecule has 1 heterocycles. The average Bonchev–Trinajstić information content (AvgIpc) is 2.66. The molecule has 0 saturated carbocycles. The van der Waals surface area contributed by atoms with Crippen LogP contribution in [0.3, 0.4) is 0 Å². The van der Waals surface area contributed by atoms with Crippen molar-refractivity contribution < 1.29 is 19.1 Å². The summed E-state index contributed by atoms with van der Waals surface area (Å²) in [5.74, 6) is -1.18. The molecule has 7 nitrogen and oxygen atoms in total. The number of carbonyl (C=O) groups is 3. The highest BCUT2D eigenvalue weighted by Crippen LogP contribution is 2.22. The summed E-state index contributed by atoms with van der Waals surface area (Å²) in [7, 11) is 1.33. The van der Waals surface area contributed by atoms with E-state index in [-0.39, 0.29) is 36.2 Å². The molecule has 27 heavy (non-hydrogen) atoms. The van der Waals surface area contributed by atoms with Crippen LogP contribution in [-0.2, 0) is 14.3 Å². The first-order valence-electron chi connectivity index (χ1n) is 8.90. The first kappa shape index (κ1) is 22.9. The fourth-order valence-electron chi connectivity index (χ4n) is 2.95. The molecule has 0 aliphatic carbocycles. The van der Waals surface area contributed by atoms with Gasteiger partial charge in [-0.1, -0.05) is 13.0 Å². The van der Waals surface area contributed by atoms with Crippen molar-refractivity contribution in [2.75, 3.05) is 19.0 Å². The third-order valence-corrected chi connectivity index (χ3v) is 4.82. The number of anilines is 1. The molecule has 3 N–H and O–H groups in total. The Kier molecular flexibility index (Phi) is 8.72. The first-order chi connectivity index (χ1) is 12.3. The number of nitrogens with one attached hydrogen (secondary N) is 1. The van der Waals surface area contributed by atoms with Crippen LogP contribution in [0.2, 0.25) is 0 Å². The predicted molar refractivity (Wildman–Crippen MR) is 106 cm³/mol. The lowest BCUT2D eigenvalue weighted by Gasteiger charge is -2.33. The number of hydrogen-bond donors (Lipinski definition) is 2. The fourth-order valence-corrected chi connectivity index (χ4v) is 2.95. The smallest absolute Gasteiger partial charge is 0.328 e. The molecule has 1 fully saturated rings. The Bertz CT molecular complexity index is 681. The molecule has 1 aliphatic heterocycles. The van der Waals surface area contributed by atoms with Crippen LogP contribution < -0.4 is 11.1 Å². The van der Waals surface area contributed by atoms with Gasteiger partial charge in [-0.25, -0.2) is 4.79 Å². The van der Waals surface area contributed by atoms with Crippen molar-refractivity contribution in [3.8, 4) is 0 Å². The number of methoxy groups -OCH3 is 1. The van der Waals surface area contributed by atoms with E-state index in [9.17, 15) is 14.4 Å². The number of carbonyl (C=O) groups excluding carboxylic acids is 3. The number of nitrogens with zero attached hydrogens (tertiary/aromatic N) is 1. The van der Waals surface area contributed by atoms with E-state index in [0.29, 0.717) is 24.2 Å². The Hall–Kier alpha value is -2.12. The second-order valence-corrected chi connectivity index (χ2v) is 6.75. The van der Waals surface area contributed by atoms with Crippen LogP contribution in [0, 0.1) is 5.92 Å².